The number of methoxy groups -OCH3 is 1. The number of ether oxygens (including phenoxy) is 1. The van der Waals surface area contributed by atoms with E-state index in [4.69, 9.17) is 5.21 Å². The summed E-state index contributed by atoms with van der Waals surface area (Å²) >= 11 is 0. The number of hydrogen-bond acceptors (Lipinski definition) is 9. The van der Waals surface area contributed by atoms with Crippen molar-refractivity contribution in [3.05, 3.63) is 41.7 Å². The fourth-order valence-corrected chi connectivity index (χ4v) is 3.49. The third kappa shape index (κ3) is 9.61. The molecule has 2 rings (SSSR count). The molecule has 0 spiro atoms. The molecule has 0 aliphatic carbocycles. The Labute approximate surface area is 214 Å². The van der Waals surface area contributed by atoms with E-state index >= 15 is 0 Å². The summed E-state index contributed by atoms with van der Waals surface area (Å²) in [5, 5.41) is 32.1. The van der Waals surface area contributed by atoms with Crippen LogP contribution in [-0.4, -0.2) is 56.1 Å². The van der Waals surface area contributed by atoms with Crippen LogP contribution in [0.3, 0.4) is 0 Å². The number of benzene rings is 1. The highest BCUT2D eigenvalue weighted by atomic mass is 16.5. The van der Waals surface area contributed by atoms with Crippen molar-refractivity contribution in [2.45, 2.75) is 58.7 Å². The molecule has 0 aliphatic rings. The molecule has 2 unspecified atom stereocenters. The lowest BCUT2D eigenvalue weighted by Crippen LogP contribution is -2.36. The Balaban J connectivity index is 1.71. The largest absolute Gasteiger partial charge is 0.467 e. The molecule has 1 heterocycles. The zero-order chi connectivity index (χ0) is 27.4. The fourth-order valence-electron chi connectivity index (χ4n) is 3.49. The average molecular weight is 519 g/mol. The summed E-state index contributed by atoms with van der Waals surface area (Å²) < 4.78 is 6.13. The second kappa shape index (κ2) is 14.7. The molecule has 1 aromatic carbocycles. The van der Waals surface area contributed by atoms with E-state index in [-0.39, 0.29) is 30.7 Å². The molecule has 0 aliphatic heterocycles. The third-order valence-electron chi connectivity index (χ3n) is 5.68. The Kier molecular flexibility index (Phi) is 11.6. The van der Waals surface area contributed by atoms with E-state index in [1.54, 1.807) is 28.5 Å². The van der Waals surface area contributed by atoms with Gasteiger partial charge >= 0.3 is 5.97 Å². The minimum atomic E-state index is -1.37. The van der Waals surface area contributed by atoms with E-state index < -0.39 is 23.9 Å². The van der Waals surface area contributed by atoms with E-state index in [9.17, 15) is 24.3 Å². The number of aliphatic hydroxyl groups is 1. The number of esters is 1. The van der Waals surface area contributed by atoms with Crippen LogP contribution in [0.15, 0.2) is 30.5 Å². The van der Waals surface area contributed by atoms with Gasteiger partial charge in [-0.05, 0) is 36.5 Å². The molecule has 5 N–H and O–H groups in total. The first kappa shape index (κ1) is 29.4. The predicted octanol–water partition coefficient (Wildman–Crippen LogP) is 1.08. The van der Waals surface area contributed by atoms with E-state index in [1.165, 1.54) is 19.2 Å². The molecule has 2 aromatic rings. The number of rotatable bonds is 14. The van der Waals surface area contributed by atoms with Crippen molar-refractivity contribution in [3.8, 4) is 0 Å². The molecule has 37 heavy (non-hydrogen) atoms. The molecule has 0 bridgehead atoms. The van der Waals surface area contributed by atoms with Crippen LogP contribution in [-0.2, 0) is 37.0 Å². The van der Waals surface area contributed by atoms with E-state index in [0.29, 0.717) is 42.8 Å². The van der Waals surface area contributed by atoms with Crippen molar-refractivity contribution in [1.82, 2.24) is 25.8 Å². The number of anilines is 1. The molecule has 13 heteroatoms. The topological polar surface area (TPSA) is 185 Å². The number of aliphatic hydroxyl groups excluding tert-OH is 1. The number of hydroxylamine groups is 1. The fraction of sp³-hybridized carbons (Fsp3) is 0.500. The maximum absolute atomic E-state index is 12.4. The summed E-state index contributed by atoms with van der Waals surface area (Å²) in [4.78, 5) is 47.4. The predicted molar refractivity (Wildman–Crippen MR) is 131 cm³/mol. The third-order valence-corrected chi connectivity index (χ3v) is 5.68. The molecular weight excluding hydrogens is 484 g/mol. The number of amides is 3. The quantitative estimate of drug-likeness (QED) is 0.106. The van der Waals surface area contributed by atoms with Crippen molar-refractivity contribution in [1.29, 1.82) is 0 Å². The van der Waals surface area contributed by atoms with Gasteiger partial charge in [-0.3, -0.25) is 24.3 Å². The Morgan fingerprint density at radius 2 is 1.78 bits per heavy atom. The first-order chi connectivity index (χ1) is 17.6. The normalized spacial score (nSPS) is 12.5. The summed E-state index contributed by atoms with van der Waals surface area (Å²) in [7, 11) is 1.19. The van der Waals surface area contributed by atoms with Crippen molar-refractivity contribution in [2.75, 3.05) is 12.4 Å². The molecular formula is C24H34N6O7. The number of nitrogens with one attached hydrogen (secondary N) is 3. The zero-order valence-electron chi connectivity index (χ0n) is 21.1. The summed E-state index contributed by atoms with van der Waals surface area (Å²) in [5.41, 5.74) is 3.01. The van der Waals surface area contributed by atoms with Crippen LogP contribution in [0.25, 0.3) is 0 Å². The van der Waals surface area contributed by atoms with Gasteiger partial charge in [-0.15, -0.1) is 5.10 Å². The number of nitrogens with zero attached hydrogens (tertiary/aromatic N) is 3. The summed E-state index contributed by atoms with van der Waals surface area (Å²) in [6.45, 7) is 4.33. The van der Waals surface area contributed by atoms with Gasteiger partial charge in [0.15, 0.2) is 6.10 Å². The van der Waals surface area contributed by atoms with Gasteiger partial charge in [0.2, 0.25) is 17.7 Å². The monoisotopic (exact) mass is 518 g/mol. The number of hydrogen-bond donors (Lipinski definition) is 5. The number of aromatic nitrogens is 3. The van der Waals surface area contributed by atoms with Gasteiger partial charge in [-0.25, -0.2) is 10.3 Å². The van der Waals surface area contributed by atoms with Gasteiger partial charge in [0.25, 0.3) is 0 Å². The lowest BCUT2D eigenvalue weighted by Gasteiger charge is -2.18. The van der Waals surface area contributed by atoms with Crippen LogP contribution in [0.5, 0.6) is 0 Å². The molecule has 2 atom stereocenters. The van der Waals surface area contributed by atoms with Crippen LogP contribution < -0.4 is 16.1 Å². The van der Waals surface area contributed by atoms with Gasteiger partial charge < -0.3 is 20.5 Å². The number of aryl methyl sites for hydroxylation is 1. The van der Waals surface area contributed by atoms with Crippen LogP contribution in [0.1, 0.15) is 56.9 Å². The zero-order valence-corrected chi connectivity index (χ0v) is 21.1. The number of unbranched alkanes of at least 4 members (excludes halogenated alkanes) is 1. The van der Waals surface area contributed by atoms with Gasteiger partial charge in [0, 0.05) is 31.0 Å². The smallest absolute Gasteiger partial charge is 0.339 e. The minimum Gasteiger partial charge on any atom is -0.467 e. The highest BCUT2D eigenvalue weighted by molar-refractivity contribution is 5.90. The van der Waals surface area contributed by atoms with Crippen LogP contribution >= 0.6 is 0 Å². The van der Waals surface area contributed by atoms with E-state index in [0.717, 1.165) is 0 Å². The maximum atomic E-state index is 12.4. The van der Waals surface area contributed by atoms with Crippen molar-refractivity contribution < 1.29 is 34.2 Å². The SMILES string of the molecule is COC(=O)C(O)c1ccc(NC(=O)CCCCn2cc(CNC(=O)C(CC(=O)NO)C(C)C)nn2)cc1. The van der Waals surface area contributed by atoms with Crippen molar-refractivity contribution in [3.63, 3.8) is 0 Å². The van der Waals surface area contributed by atoms with Crippen LogP contribution in [0.2, 0.25) is 0 Å². The molecule has 0 fully saturated rings. The minimum absolute atomic E-state index is 0.0935. The molecule has 1 aromatic heterocycles. The van der Waals surface area contributed by atoms with E-state index in [1.807, 2.05) is 13.8 Å². The standard InChI is InChI=1S/C24H34N6O7/c1-15(2)19(12-21(32)28-36)23(34)25-13-18-14-30(29-27-18)11-5-4-6-20(31)26-17-9-7-16(8-10-17)22(33)24(35)37-3/h7-10,14-15,19,22,33,36H,4-6,11-13H2,1-3H3,(H,25,34)(H,26,31)(H,28,32). The lowest BCUT2D eigenvalue weighted by atomic mass is 9.91. The molecule has 202 valence electrons. The van der Waals surface area contributed by atoms with Gasteiger partial charge in [0.1, 0.15) is 5.69 Å². The van der Waals surface area contributed by atoms with Crippen LogP contribution in [0.4, 0.5) is 5.69 Å². The molecule has 0 radical (unpaired) electrons. The Morgan fingerprint density at radius 3 is 2.41 bits per heavy atom. The van der Waals surface area contributed by atoms with Crippen LogP contribution in [0, 0.1) is 11.8 Å². The van der Waals surface area contributed by atoms with Crippen molar-refractivity contribution >= 4 is 29.4 Å². The summed E-state index contributed by atoms with van der Waals surface area (Å²) in [5.74, 6) is -2.54. The Morgan fingerprint density at radius 1 is 1.08 bits per heavy atom. The molecule has 0 saturated carbocycles. The van der Waals surface area contributed by atoms with E-state index in [2.05, 4.69) is 25.7 Å². The average Bonchev–Trinajstić information content (AvgIpc) is 3.35. The number of carbonyl (C=O) groups is 4. The van der Waals surface area contributed by atoms with Gasteiger partial charge in [-0.1, -0.05) is 31.2 Å². The lowest BCUT2D eigenvalue weighted by molar-refractivity contribution is -0.150. The summed E-state index contributed by atoms with van der Waals surface area (Å²) in [6, 6.07) is 6.27. The van der Waals surface area contributed by atoms with Gasteiger partial charge in [0.05, 0.1) is 19.9 Å². The first-order valence-electron chi connectivity index (χ1n) is 11.9. The molecule has 13 nitrogen and oxygen atoms in total. The highest BCUT2D eigenvalue weighted by Crippen LogP contribution is 2.18. The second-order valence-corrected chi connectivity index (χ2v) is 8.83. The Hall–Kier alpha value is -3.84. The highest BCUT2D eigenvalue weighted by Gasteiger charge is 2.25. The molecule has 3 amide bonds. The van der Waals surface area contributed by atoms with Gasteiger partial charge in [-0.2, -0.15) is 0 Å². The van der Waals surface area contributed by atoms with Crippen molar-refractivity contribution in [2.24, 2.45) is 11.8 Å². The maximum Gasteiger partial charge on any atom is 0.339 e. The Bertz CT molecular complexity index is 1050. The summed E-state index contributed by atoms with van der Waals surface area (Å²) in [6.07, 6.45) is 1.79. The number of carbonyl (C=O) groups excluding carboxylic acids is 4. The second-order valence-electron chi connectivity index (χ2n) is 8.83. The molecule has 0 saturated heterocycles. The first-order valence-corrected chi connectivity index (χ1v) is 11.9.